The third-order valence-electron chi connectivity index (χ3n) is 3.12. The predicted octanol–water partition coefficient (Wildman–Crippen LogP) is 3.39. The number of ketones is 1. The standard InChI is InChI=1S/C14H12OS/c1-9-2-5-12-11(8-9)4-3-10-6-7-16-14(10)13(12)15/h2,5-8H,3-4H2,1H3. The molecule has 0 fully saturated rings. The van der Waals surface area contributed by atoms with Crippen LogP contribution in [0.4, 0.5) is 0 Å². The molecule has 1 aliphatic carbocycles. The van der Waals surface area contributed by atoms with Crippen molar-refractivity contribution in [2.45, 2.75) is 19.8 Å². The summed E-state index contributed by atoms with van der Waals surface area (Å²) < 4.78 is 0. The molecule has 0 atom stereocenters. The van der Waals surface area contributed by atoms with Crippen molar-refractivity contribution in [2.24, 2.45) is 0 Å². The second-order valence-corrected chi connectivity index (χ2v) is 5.18. The lowest BCUT2D eigenvalue weighted by molar-refractivity contribution is 0.104. The maximum absolute atomic E-state index is 12.3. The van der Waals surface area contributed by atoms with E-state index in [1.54, 1.807) is 11.3 Å². The number of rotatable bonds is 0. The molecule has 3 rings (SSSR count). The van der Waals surface area contributed by atoms with E-state index < -0.39 is 0 Å². The van der Waals surface area contributed by atoms with E-state index in [1.807, 2.05) is 17.5 Å². The van der Waals surface area contributed by atoms with Gasteiger partial charge < -0.3 is 0 Å². The molecule has 16 heavy (non-hydrogen) atoms. The van der Waals surface area contributed by atoms with Crippen LogP contribution in [-0.4, -0.2) is 5.78 Å². The number of hydrogen-bond donors (Lipinski definition) is 0. The van der Waals surface area contributed by atoms with Crippen molar-refractivity contribution in [3.8, 4) is 0 Å². The molecule has 0 bridgehead atoms. The van der Waals surface area contributed by atoms with E-state index in [0.717, 1.165) is 23.3 Å². The highest BCUT2D eigenvalue weighted by Gasteiger charge is 2.21. The van der Waals surface area contributed by atoms with Gasteiger partial charge in [0, 0.05) is 5.56 Å². The van der Waals surface area contributed by atoms with Crippen LogP contribution < -0.4 is 0 Å². The number of carbonyl (C=O) groups excluding carboxylic acids is 1. The highest BCUT2D eigenvalue weighted by atomic mass is 32.1. The largest absolute Gasteiger partial charge is 0.288 e. The molecule has 0 N–H and O–H groups in total. The van der Waals surface area contributed by atoms with Crippen molar-refractivity contribution < 1.29 is 4.79 Å². The summed E-state index contributed by atoms with van der Waals surface area (Å²) in [5.41, 5.74) is 4.54. The monoisotopic (exact) mass is 228 g/mol. The van der Waals surface area contributed by atoms with Gasteiger partial charge >= 0.3 is 0 Å². The summed E-state index contributed by atoms with van der Waals surface area (Å²) in [5.74, 6) is 0.206. The molecule has 1 nitrogen and oxygen atoms in total. The fourth-order valence-corrected chi connectivity index (χ4v) is 3.18. The quantitative estimate of drug-likeness (QED) is 0.675. The Morgan fingerprint density at radius 3 is 2.81 bits per heavy atom. The van der Waals surface area contributed by atoms with Gasteiger partial charge in [0.2, 0.25) is 5.78 Å². The molecule has 0 amide bonds. The molecular formula is C14H12OS. The van der Waals surface area contributed by atoms with Crippen molar-refractivity contribution >= 4 is 17.1 Å². The molecule has 0 spiro atoms. The minimum Gasteiger partial charge on any atom is -0.288 e. The van der Waals surface area contributed by atoms with Gasteiger partial charge in [-0.25, -0.2) is 0 Å². The van der Waals surface area contributed by atoms with Gasteiger partial charge in [0.25, 0.3) is 0 Å². The lowest BCUT2D eigenvalue weighted by atomic mass is 10.00. The Bertz CT molecular complexity index is 566. The van der Waals surface area contributed by atoms with Gasteiger partial charge in [-0.3, -0.25) is 4.79 Å². The SMILES string of the molecule is Cc1ccc2c(c1)CCc1ccsc1C2=O. The first-order valence-corrected chi connectivity index (χ1v) is 6.34. The highest BCUT2D eigenvalue weighted by molar-refractivity contribution is 7.12. The Labute approximate surface area is 98.7 Å². The van der Waals surface area contributed by atoms with Gasteiger partial charge in [-0.05, 0) is 42.3 Å². The van der Waals surface area contributed by atoms with Crippen LogP contribution in [0.3, 0.4) is 0 Å². The second kappa shape index (κ2) is 3.56. The lowest BCUT2D eigenvalue weighted by Gasteiger charge is -2.04. The Morgan fingerprint density at radius 2 is 1.94 bits per heavy atom. The Morgan fingerprint density at radius 1 is 1.12 bits per heavy atom. The van der Waals surface area contributed by atoms with E-state index >= 15 is 0 Å². The van der Waals surface area contributed by atoms with Crippen molar-refractivity contribution in [2.75, 3.05) is 0 Å². The average molecular weight is 228 g/mol. The summed E-state index contributed by atoms with van der Waals surface area (Å²) in [6.45, 7) is 2.07. The average Bonchev–Trinajstić information content (AvgIpc) is 2.69. The molecule has 1 aromatic carbocycles. The Balaban J connectivity index is 2.20. The first kappa shape index (κ1) is 9.79. The number of carbonyl (C=O) groups is 1. The minimum absolute atomic E-state index is 0.206. The van der Waals surface area contributed by atoms with Crippen LogP contribution >= 0.6 is 11.3 Å². The fourth-order valence-electron chi connectivity index (χ4n) is 2.27. The molecule has 1 heterocycles. The molecule has 1 aliphatic rings. The van der Waals surface area contributed by atoms with E-state index in [0.29, 0.717) is 0 Å². The molecule has 1 aromatic heterocycles. The number of benzene rings is 1. The normalized spacial score (nSPS) is 14.2. The molecule has 0 saturated heterocycles. The summed E-state index contributed by atoms with van der Waals surface area (Å²) in [4.78, 5) is 13.2. The summed E-state index contributed by atoms with van der Waals surface area (Å²) in [6.07, 6.45) is 1.97. The van der Waals surface area contributed by atoms with Crippen LogP contribution in [0.5, 0.6) is 0 Å². The van der Waals surface area contributed by atoms with Crippen molar-refractivity contribution in [3.05, 3.63) is 56.8 Å². The number of aryl methyl sites for hydroxylation is 3. The lowest BCUT2D eigenvalue weighted by Crippen LogP contribution is -2.01. The van der Waals surface area contributed by atoms with Gasteiger partial charge in [-0.2, -0.15) is 0 Å². The molecule has 80 valence electrons. The summed E-state index contributed by atoms with van der Waals surface area (Å²) in [6, 6.07) is 8.22. The van der Waals surface area contributed by atoms with Crippen molar-refractivity contribution in [3.63, 3.8) is 0 Å². The molecule has 0 saturated carbocycles. The first-order chi connectivity index (χ1) is 7.75. The predicted molar refractivity (Wildman–Crippen MR) is 66.3 cm³/mol. The zero-order valence-corrected chi connectivity index (χ0v) is 9.93. The molecule has 0 unspecified atom stereocenters. The third kappa shape index (κ3) is 1.41. The molecular weight excluding hydrogens is 216 g/mol. The van der Waals surface area contributed by atoms with E-state index in [9.17, 15) is 4.79 Å². The second-order valence-electron chi connectivity index (χ2n) is 4.26. The smallest absolute Gasteiger partial charge is 0.203 e. The van der Waals surface area contributed by atoms with Crippen LogP contribution in [0.1, 0.15) is 31.9 Å². The van der Waals surface area contributed by atoms with E-state index in [1.165, 1.54) is 16.7 Å². The molecule has 2 aromatic rings. The summed E-state index contributed by atoms with van der Waals surface area (Å²) in [7, 11) is 0. The Hall–Kier alpha value is -1.41. The molecule has 0 radical (unpaired) electrons. The summed E-state index contributed by atoms with van der Waals surface area (Å²) >= 11 is 1.57. The maximum atomic E-state index is 12.3. The zero-order valence-electron chi connectivity index (χ0n) is 9.12. The van der Waals surface area contributed by atoms with Crippen molar-refractivity contribution in [1.29, 1.82) is 0 Å². The van der Waals surface area contributed by atoms with Crippen LogP contribution in [0.15, 0.2) is 29.6 Å². The van der Waals surface area contributed by atoms with Gasteiger partial charge in [0.1, 0.15) is 0 Å². The summed E-state index contributed by atoms with van der Waals surface area (Å²) in [5, 5.41) is 2.02. The fraction of sp³-hybridized carbons (Fsp3) is 0.214. The molecule has 2 heteroatoms. The zero-order chi connectivity index (χ0) is 11.1. The van der Waals surface area contributed by atoms with E-state index in [4.69, 9.17) is 0 Å². The first-order valence-electron chi connectivity index (χ1n) is 5.46. The van der Waals surface area contributed by atoms with Crippen molar-refractivity contribution in [1.82, 2.24) is 0 Å². The van der Waals surface area contributed by atoms with E-state index in [2.05, 4.69) is 19.1 Å². The van der Waals surface area contributed by atoms with Crippen LogP contribution in [0.2, 0.25) is 0 Å². The third-order valence-corrected chi connectivity index (χ3v) is 4.08. The van der Waals surface area contributed by atoms with Gasteiger partial charge in [0.15, 0.2) is 0 Å². The number of thiophene rings is 1. The molecule has 0 aliphatic heterocycles. The maximum Gasteiger partial charge on any atom is 0.203 e. The Kier molecular flexibility index (Phi) is 2.18. The van der Waals surface area contributed by atoms with E-state index in [-0.39, 0.29) is 5.78 Å². The minimum atomic E-state index is 0.206. The van der Waals surface area contributed by atoms with Crippen LogP contribution in [-0.2, 0) is 12.8 Å². The topological polar surface area (TPSA) is 17.1 Å². The number of hydrogen-bond acceptors (Lipinski definition) is 2. The number of fused-ring (bicyclic) bond motifs is 2. The van der Waals surface area contributed by atoms with Gasteiger partial charge in [-0.1, -0.05) is 23.8 Å². The van der Waals surface area contributed by atoms with Gasteiger partial charge in [0.05, 0.1) is 4.88 Å². The van der Waals surface area contributed by atoms with Gasteiger partial charge in [-0.15, -0.1) is 11.3 Å². The van der Waals surface area contributed by atoms with Crippen LogP contribution in [0.25, 0.3) is 0 Å². The highest BCUT2D eigenvalue weighted by Crippen LogP contribution is 2.28. The van der Waals surface area contributed by atoms with Crippen LogP contribution in [0, 0.1) is 6.92 Å².